The molecule has 2 aromatic rings. The first kappa shape index (κ1) is 24.0. The number of aliphatic hydroxyl groups excluding tert-OH is 1. The molecular weight excluding hydrogens is 544 g/mol. The van der Waals surface area contributed by atoms with Crippen LogP contribution in [0.1, 0.15) is 27.9 Å². The molecule has 0 unspecified atom stereocenters. The van der Waals surface area contributed by atoms with Crippen molar-refractivity contribution < 1.29 is 33.3 Å². The Balaban J connectivity index is 0.00000364. The second-order valence-electron chi connectivity index (χ2n) is 5.48. The number of hydrogen-bond donors (Lipinski definition) is 1. The van der Waals surface area contributed by atoms with E-state index in [0.717, 1.165) is 0 Å². The molecule has 0 aliphatic heterocycles. The molecule has 2 aromatic carbocycles. The minimum atomic E-state index is -1.20. The van der Waals surface area contributed by atoms with Crippen molar-refractivity contribution in [1.82, 2.24) is 0 Å². The number of carbonyl (C=O) groups is 1. The van der Waals surface area contributed by atoms with E-state index in [1.165, 1.54) is 18.2 Å². The van der Waals surface area contributed by atoms with E-state index in [0.29, 0.717) is 9.99 Å². The summed E-state index contributed by atoms with van der Waals surface area (Å²) in [6.07, 6.45) is 0.0893. The quantitative estimate of drug-likeness (QED) is 0.231. The number of hydrogen-bond acceptors (Lipinski definition) is 3. The average Bonchev–Trinajstić information content (AvgIpc) is 2.60. The van der Waals surface area contributed by atoms with Gasteiger partial charge >= 0.3 is 0 Å². The van der Waals surface area contributed by atoms with E-state index < -0.39 is 23.2 Å². The van der Waals surface area contributed by atoms with Crippen LogP contribution in [0.5, 0.6) is 0 Å². The molecule has 0 amide bonds. The van der Waals surface area contributed by atoms with Crippen molar-refractivity contribution in [3.8, 4) is 0 Å². The van der Waals surface area contributed by atoms with Crippen LogP contribution >= 0.6 is 38.5 Å². The van der Waals surface area contributed by atoms with Crippen LogP contribution < -0.4 is 0 Å². The van der Waals surface area contributed by atoms with Crippen LogP contribution in [0.15, 0.2) is 28.7 Å². The minimum Gasteiger partial charge on any atom is -0.412 e. The number of rotatable bonds is 8. The molecule has 0 fully saturated rings. The highest BCUT2D eigenvalue weighted by molar-refractivity contribution is 14.1. The Morgan fingerprint density at radius 3 is 2.52 bits per heavy atom. The third-order valence-corrected chi connectivity index (χ3v) is 4.87. The van der Waals surface area contributed by atoms with Gasteiger partial charge in [-0.15, -0.1) is 0 Å². The summed E-state index contributed by atoms with van der Waals surface area (Å²) < 4.78 is 48.1. The summed E-state index contributed by atoms with van der Waals surface area (Å²) >= 11 is 4.83. The van der Waals surface area contributed by atoms with Crippen molar-refractivity contribution >= 4 is 44.3 Å². The van der Waals surface area contributed by atoms with Crippen molar-refractivity contribution in [2.45, 2.75) is 12.8 Å². The fourth-order valence-corrected chi connectivity index (χ4v) is 3.18. The summed E-state index contributed by atoms with van der Waals surface area (Å²) in [5, 5.41) is 8.71. The fraction of sp³-hybridized carbons (Fsp3) is 0.278. The van der Waals surface area contributed by atoms with E-state index in [2.05, 4.69) is 15.9 Å². The summed E-state index contributed by atoms with van der Waals surface area (Å²) in [4.78, 5) is 12.4. The molecule has 2 rings (SSSR count). The van der Waals surface area contributed by atoms with E-state index in [1.807, 2.05) is 22.6 Å². The van der Waals surface area contributed by atoms with Crippen LogP contribution in [0, 0.1) is 21.0 Å². The maximum atomic E-state index is 14.5. The third kappa shape index (κ3) is 6.24. The van der Waals surface area contributed by atoms with Crippen LogP contribution in [0.3, 0.4) is 0 Å². The molecule has 9 heteroatoms. The number of carbonyl (C=O) groups excluding carboxylic acids is 1. The van der Waals surface area contributed by atoms with Gasteiger partial charge in [0, 0.05) is 34.3 Å². The first-order valence-corrected chi connectivity index (χ1v) is 9.54. The lowest BCUT2D eigenvalue weighted by Crippen LogP contribution is -2.15. The van der Waals surface area contributed by atoms with Crippen LogP contribution in [0.25, 0.3) is 0 Å². The summed E-state index contributed by atoms with van der Waals surface area (Å²) in [6.45, 7) is -0.268. The highest BCUT2D eigenvalue weighted by atomic mass is 127. The minimum absolute atomic E-state index is 0. The average molecular weight is 561 g/mol. The Morgan fingerprint density at radius 1 is 1.19 bits per heavy atom. The molecule has 4 nitrogen and oxygen atoms in total. The van der Waals surface area contributed by atoms with E-state index in [1.54, 1.807) is 6.07 Å². The molecule has 0 saturated carbocycles. The number of halogens is 5. The zero-order valence-corrected chi connectivity index (χ0v) is 17.7. The number of Topliss-reactive ketones (excluding diaryl/α,β-unsaturated/α-hetero) is 1. The molecule has 0 radical (unpaired) electrons. The van der Waals surface area contributed by atoms with Crippen molar-refractivity contribution in [3.05, 3.63) is 66.5 Å². The van der Waals surface area contributed by atoms with Gasteiger partial charge in [-0.05, 0) is 68.7 Å². The van der Waals surface area contributed by atoms with E-state index in [-0.39, 0.29) is 52.9 Å². The van der Waals surface area contributed by atoms with Gasteiger partial charge in [-0.2, -0.15) is 0 Å². The Hall–Kier alpha value is -1.01. The van der Waals surface area contributed by atoms with Crippen molar-refractivity contribution in [1.29, 1.82) is 0 Å². The second-order valence-corrected chi connectivity index (χ2v) is 7.58. The monoisotopic (exact) mass is 560 g/mol. The number of aliphatic hydroxyl groups is 1. The van der Waals surface area contributed by atoms with Gasteiger partial charge in [-0.1, -0.05) is 6.07 Å². The van der Waals surface area contributed by atoms with E-state index in [9.17, 15) is 18.0 Å². The third-order valence-electron chi connectivity index (χ3n) is 3.63. The summed E-state index contributed by atoms with van der Waals surface area (Å²) in [6, 6.07) is 5.58. The smallest absolute Gasteiger partial charge is 0.188 e. The molecule has 0 aliphatic rings. The highest BCUT2D eigenvalue weighted by Crippen LogP contribution is 2.28. The van der Waals surface area contributed by atoms with Crippen LogP contribution in [0.2, 0.25) is 0 Å². The fourth-order valence-electron chi connectivity index (χ4n) is 2.32. The second kappa shape index (κ2) is 11.1. The van der Waals surface area contributed by atoms with Gasteiger partial charge in [0.1, 0.15) is 12.4 Å². The molecule has 27 heavy (non-hydrogen) atoms. The van der Waals surface area contributed by atoms with Gasteiger partial charge in [0.05, 0.1) is 4.47 Å². The Morgan fingerprint density at radius 2 is 1.89 bits per heavy atom. The first-order chi connectivity index (χ1) is 12.3. The molecule has 0 spiro atoms. The number of ketones is 1. The summed E-state index contributed by atoms with van der Waals surface area (Å²) in [5.41, 5.74) is -0.138. The molecule has 0 saturated heterocycles. The molecule has 0 aliphatic carbocycles. The Labute approximate surface area is 176 Å². The maximum Gasteiger partial charge on any atom is 0.188 e. The predicted molar refractivity (Wildman–Crippen MR) is 106 cm³/mol. The summed E-state index contributed by atoms with van der Waals surface area (Å²) in [5.74, 6) is -3.44. The molecular formula is C18H17BrF3IO4. The number of benzene rings is 2. The number of ether oxygens (including phenoxy) is 1. The molecule has 3 N–H and O–H groups in total. The standard InChI is InChI=1S/C18H15BrF3IO3.H2O/c19-14-8-12(16(25)9-26-5-1-4-24)13(17(21)18(14)22)6-10-2-3-11(23)7-15(10)20;/h2-3,7-8,24H,1,4-6,9H2;1H2. The van der Waals surface area contributed by atoms with E-state index in [4.69, 9.17) is 9.84 Å². The van der Waals surface area contributed by atoms with Gasteiger partial charge in [0.15, 0.2) is 17.4 Å². The van der Waals surface area contributed by atoms with Gasteiger partial charge in [0.25, 0.3) is 0 Å². The van der Waals surface area contributed by atoms with Gasteiger partial charge in [-0.3, -0.25) is 4.79 Å². The molecule has 0 atom stereocenters. The van der Waals surface area contributed by atoms with Gasteiger partial charge in [0.2, 0.25) is 0 Å². The molecule has 0 heterocycles. The Kier molecular flexibility index (Phi) is 9.88. The van der Waals surface area contributed by atoms with Crippen molar-refractivity contribution in [2.24, 2.45) is 0 Å². The van der Waals surface area contributed by atoms with Crippen molar-refractivity contribution in [2.75, 3.05) is 19.8 Å². The molecule has 0 aromatic heterocycles. The molecule has 148 valence electrons. The van der Waals surface area contributed by atoms with Gasteiger partial charge in [-0.25, -0.2) is 13.2 Å². The first-order valence-electron chi connectivity index (χ1n) is 7.67. The summed E-state index contributed by atoms with van der Waals surface area (Å²) in [7, 11) is 0. The normalized spacial score (nSPS) is 10.6. The highest BCUT2D eigenvalue weighted by Gasteiger charge is 2.22. The van der Waals surface area contributed by atoms with Crippen LogP contribution in [0.4, 0.5) is 13.2 Å². The Bertz CT molecular complexity index is 818. The molecule has 0 bridgehead atoms. The van der Waals surface area contributed by atoms with Crippen molar-refractivity contribution in [3.63, 3.8) is 0 Å². The predicted octanol–water partition coefficient (Wildman–Crippen LogP) is 3.82. The zero-order chi connectivity index (χ0) is 19.3. The van der Waals surface area contributed by atoms with Crippen LogP contribution in [-0.2, 0) is 11.2 Å². The zero-order valence-electron chi connectivity index (χ0n) is 14.0. The SMILES string of the molecule is O.O=C(COCCCO)c1cc(Br)c(F)c(F)c1Cc1ccc(I)cc1F. The lowest BCUT2D eigenvalue weighted by atomic mass is 9.96. The lowest BCUT2D eigenvalue weighted by molar-refractivity contribution is 0.0726. The van der Waals surface area contributed by atoms with E-state index >= 15 is 0 Å². The topological polar surface area (TPSA) is 78.0 Å². The maximum absolute atomic E-state index is 14.5. The largest absolute Gasteiger partial charge is 0.412 e. The van der Waals surface area contributed by atoms with Crippen LogP contribution in [-0.4, -0.2) is 36.2 Å². The lowest BCUT2D eigenvalue weighted by Gasteiger charge is -2.13. The van der Waals surface area contributed by atoms with Gasteiger partial charge < -0.3 is 15.3 Å².